The Bertz CT molecular complexity index is 610. The average Bonchev–Trinajstić information content (AvgIpc) is 3.27. The van der Waals surface area contributed by atoms with Gasteiger partial charge in [-0.3, -0.25) is 0 Å². The van der Waals surface area contributed by atoms with Crippen LogP contribution < -0.4 is 5.32 Å². The summed E-state index contributed by atoms with van der Waals surface area (Å²) in [5.41, 5.74) is 2.08. The van der Waals surface area contributed by atoms with Crippen LogP contribution in [0.2, 0.25) is 0 Å². The molecule has 3 rings (SSSR count). The van der Waals surface area contributed by atoms with Gasteiger partial charge in [-0.15, -0.1) is 0 Å². The van der Waals surface area contributed by atoms with Crippen molar-refractivity contribution >= 4 is 0 Å². The summed E-state index contributed by atoms with van der Waals surface area (Å²) < 4.78 is 13.5. The summed E-state index contributed by atoms with van der Waals surface area (Å²) in [7, 11) is 0. The van der Waals surface area contributed by atoms with Crippen LogP contribution in [0.3, 0.4) is 0 Å². The largest absolute Gasteiger partial charge is 0.508 e. The molecule has 1 aliphatic rings. The maximum atomic E-state index is 13.5. The summed E-state index contributed by atoms with van der Waals surface area (Å²) in [6.45, 7) is 0.837. The van der Waals surface area contributed by atoms with Crippen molar-refractivity contribution in [2.75, 3.05) is 6.54 Å². The molecule has 2 nitrogen and oxygen atoms in total. The fourth-order valence-corrected chi connectivity index (χ4v) is 2.63. The molecule has 0 amide bonds. The van der Waals surface area contributed by atoms with Crippen molar-refractivity contribution in [1.29, 1.82) is 0 Å². The zero-order chi connectivity index (χ0) is 14.7. The standard InChI is InChI=1S/C18H20FNO/c19-16-5-2-4-14(11-16)15(12-20-17-7-8-17)9-13-3-1-6-18(21)10-13/h1-6,10-11,15,17,20-21H,7-9,12H2. The molecular formula is C18H20FNO. The SMILES string of the molecule is Oc1cccc(CC(CNC2CC2)c2cccc(F)c2)c1. The number of hydrogen-bond donors (Lipinski definition) is 2. The highest BCUT2D eigenvalue weighted by Gasteiger charge is 2.22. The second-order valence-corrected chi connectivity index (χ2v) is 5.81. The van der Waals surface area contributed by atoms with Crippen molar-refractivity contribution in [3.63, 3.8) is 0 Å². The molecule has 1 fully saturated rings. The van der Waals surface area contributed by atoms with Crippen LogP contribution in [0.4, 0.5) is 4.39 Å². The molecule has 2 aromatic carbocycles. The zero-order valence-electron chi connectivity index (χ0n) is 11.9. The van der Waals surface area contributed by atoms with Gasteiger partial charge in [-0.1, -0.05) is 24.3 Å². The lowest BCUT2D eigenvalue weighted by molar-refractivity contribution is 0.474. The highest BCUT2D eigenvalue weighted by molar-refractivity contribution is 5.30. The third-order valence-corrected chi connectivity index (χ3v) is 3.94. The van der Waals surface area contributed by atoms with Gasteiger partial charge < -0.3 is 10.4 Å². The van der Waals surface area contributed by atoms with E-state index < -0.39 is 0 Å². The Hall–Kier alpha value is -1.87. The maximum absolute atomic E-state index is 13.5. The summed E-state index contributed by atoms with van der Waals surface area (Å²) in [6.07, 6.45) is 3.27. The van der Waals surface area contributed by atoms with Gasteiger partial charge in [0.05, 0.1) is 0 Å². The van der Waals surface area contributed by atoms with E-state index in [1.807, 2.05) is 18.2 Å². The number of hydrogen-bond acceptors (Lipinski definition) is 2. The van der Waals surface area contributed by atoms with E-state index in [-0.39, 0.29) is 17.5 Å². The lowest BCUT2D eigenvalue weighted by atomic mass is 9.91. The predicted molar refractivity (Wildman–Crippen MR) is 82.0 cm³/mol. The van der Waals surface area contributed by atoms with E-state index in [0.29, 0.717) is 6.04 Å². The molecule has 0 spiro atoms. The summed E-state index contributed by atoms with van der Waals surface area (Å²) >= 11 is 0. The van der Waals surface area contributed by atoms with Crippen LogP contribution in [0.15, 0.2) is 48.5 Å². The van der Waals surface area contributed by atoms with Gasteiger partial charge in [0, 0.05) is 18.5 Å². The molecule has 1 unspecified atom stereocenters. The van der Waals surface area contributed by atoms with Gasteiger partial charge in [0.25, 0.3) is 0 Å². The first-order valence-electron chi connectivity index (χ1n) is 7.47. The minimum atomic E-state index is -0.195. The number of phenols is 1. The van der Waals surface area contributed by atoms with Crippen molar-refractivity contribution < 1.29 is 9.50 Å². The normalized spacial score (nSPS) is 15.9. The van der Waals surface area contributed by atoms with E-state index in [1.54, 1.807) is 24.3 Å². The van der Waals surface area contributed by atoms with Gasteiger partial charge in [0.2, 0.25) is 0 Å². The molecule has 0 radical (unpaired) electrons. The van der Waals surface area contributed by atoms with Crippen molar-refractivity contribution in [2.24, 2.45) is 0 Å². The fourth-order valence-electron chi connectivity index (χ4n) is 2.63. The monoisotopic (exact) mass is 285 g/mol. The van der Waals surface area contributed by atoms with E-state index in [4.69, 9.17) is 0 Å². The number of phenolic OH excluding ortho intramolecular Hbond substituents is 1. The number of rotatable bonds is 6. The van der Waals surface area contributed by atoms with E-state index in [1.165, 1.54) is 18.9 Å². The quantitative estimate of drug-likeness (QED) is 0.850. The smallest absolute Gasteiger partial charge is 0.123 e. The fraction of sp³-hybridized carbons (Fsp3) is 0.333. The van der Waals surface area contributed by atoms with Crippen LogP contribution in [0.25, 0.3) is 0 Å². The Morgan fingerprint density at radius 1 is 1.14 bits per heavy atom. The summed E-state index contributed by atoms with van der Waals surface area (Å²) in [5.74, 6) is 0.295. The highest BCUT2D eigenvalue weighted by atomic mass is 19.1. The van der Waals surface area contributed by atoms with Gasteiger partial charge in [0.1, 0.15) is 11.6 Å². The molecule has 1 atom stereocenters. The minimum absolute atomic E-state index is 0.195. The van der Waals surface area contributed by atoms with E-state index >= 15 is 0 Å². The molecule has 0 saturated heterocycles. The summed E-state index contributed by atoms with van der Waals surface area (Å²) in [5, 5.41) is 13.1. The van der Waals surface area contributed by atoms with Crippen molar-refractivity contribution in [3.05, 3.63) is 65.5 Å². The Kier molecular flexibility index (Phi) is 4.20. The lowest BCUT2D eigenvalue weighted by Gasteiger charge is -2.18. The maximum Gasteiger partial charge on any atom is 0.123 e. The lowest BCUT2D eigenvalue weighted by Crippen LogP contribution is -2.24. The van der Waals surface area contributed by atoms with E-state index in [2.05, 4.69) is 5.32 Å². The molecule has 0 bridgehead atoms. The first-order valence-corrected chi connectivity index (χ1v) is 7.47. The third-order valence-electron chi connectivity index (χ3n) is 3.94. The average molecular weight is 285 g/mol. The molecule has 1 aliphatic carbocycles. The topological polar surface area (TPSA) is 32.3 Å². The zero-order valence-corrected chi connectivity index (χ0v) is 11.9. The van der Waals surface area contributed by atoms with E-state index in [9.17, 15) is 9.50 Å². The minimum Gasteiger partial charge on any atom is -0.508 e. The highest BCUT2D eigenvalue weighted by Crippen LogP contribution is 2.25. The number of aromatic hydroxyl groups is 1. The Balaban J connectivity index is 1.77. The Labute approximate surface area is 124 Å². The van der Waals surface area contributed by atoms with Gasteiger partial charge in [0.15, 0.2) is 0 Å². The molecule has 2 aromatic rings. The Morgan fingerprint density at radius 3 is 2.67 bits per heavy atom. The molecule has 3 heteroatoms. The van der Waals surface area contributed by atoms with Crippen LogP contribution >= 0.6 is 0 Å². The molecule has 21 heavy (non-hydrogen) atoms. The van der Waals surface area contributed by atoms with Gasteiger partial charge in [-0.2, -0.15) is 0 Å². The number of nitrogens with one attached hydrogen (secondary N) is 1. The second-order valence-electron chi connectivity index (χ2n) is 5.81. The van der Waals surface area contributed by atoms with Crippen molar-refractivity contribution in [1.82, 2.24) is 5.32 Å². The first kappa shape index (κ1) is 14.1. The molecule has 0 heterocycles. The van der Waals surface area contributed by atoms with Crippen LogP contribution in [0.1, 0.15) is 29.9 Å². The van der Waals surface area contributed by atoms with Crippen LogP contribution in [0, 0.1) is 5.82 Å². The second kappa shape index (κ2) is 6.27. The van der Waals surface area contributed by atoms with Crippen molar-refractivity contribution in [2.45, 2.75) is 31.2 Å². The molecular weight excluding hydrogens is 265 g/mol. The Morgan fingerprint density at radius 2 is 1.95 bits per heavy atom. The molecule has 0 aromatic heterocycles. The van der Waals surface area contributed by atoms with Crippen LogP contribution in [0.5, 0.6) is 5.75 Å². The van der Waals surface area contributed by atoms with Gasteiger partial charge in [-0.25, -0.2) is 4.39 Å². The number of benzene rings is 2. The number of halogens is 1. The third kappa shape index (κ3) is 4.05. The van der Waals surface area contributed by atoms with Crippen LogP contribution in [-0.4, -0.2) is 17.7 Å². The van der Waals surface area contributed by atoms with Gasteiger partial charge in [-0.05, 0) is 54.7 Å². The molecule has 2 N–H and O–H groups in total. The van der Waals surface area contributed by atoms with Gasteiger partial charge >= 0.3 is 0 Å². The first-order chi connectivity index (χ1) is 10.2. The summed E-state index contributed by atoms with van der Waals surface area (Å²) in [4.78, 5) is 0. The predicted octanol–water partition coefficient (Wildman–Crippen LogP) is 3.61. The van der Waals surface area contributed by atoms with Crippen molar-refractivity contribution in [3.8, 4) is 5.75 Å². The van der Waals surface area contributed by atoms with E-state index in [0.717, 1.165) is 24.1 Å². The molecule has 0 aliphatic heterocycles. The molecule has 1 saturated carbocycles. The molecule has 110 valence electrons. The summed E-state index contributed by atoms with van der Waals surface area (Å²) in [6, 6.07) is 14.8. The van der Waals surface area contributed by atoms with Crippen LogP contribution in [-0.2, 0) is 6.42 Å².